The van der Waals surface area contributed by atoms with Crippen LogP contribution in [0.3, 0.4) is 0 Å². The maximum Gasteiger partial charge on any atom is 0.314 e. The number of carbonyl (C=O) groups excluding carboxylic acids is 1. The third-order valence-corrected chi connectivity index (χ3v) is 4.76. The van der Waals surface area contributed by atoms with Gasteiger partial charge >= 0.3 is 6.03 Å². The highest BCUT2D eigenvalue weighted by Crippen LogP contribution is 2.22. The minimum absolute atomic E-state index is 0.00692. The van der Waals surface area contributed by atoms with Gasteiger partial charge in [0.1, 0.15) is 0 Å². The summed E-state index contributed by atoms with van der Waals surface area (Å²) >= 11 is 1.99. The van der Waals surface area contributed by atoms with E-state index in [4.69, 9.17) is 0 Å². The van der Waals surface area contributed by atoms with Gasteiger partial charge in [-0.1, -0.05) is 0 Å². The van der Waals surface area contributed by atoms with E-state index in [9.17, 15) is 4.79 Å². The molecule has 2 fully saturated rings. The molecule has 2 aliphatic rings. The van der Waals surface area contributed by atoms with Crippen LogP contribution in [0.25, 0.3) is 0 Å². The first-order chi connectivity index (χ1) is 8.34. The lowest BCUT2D eigenvalue weighted by Crippen LogP contribution is -2.43. The highest BCUT2D eigenvalue weighted by atomic mass is 32.2. The van der Waals surface area contributed by atoms with E-state index in [2.05, 4.69) is 16.0 Å². The van der Waals surface area contributed by atoms with Crippen LogP contribution < -0.4 is 16.0 Å². The Morgan fingerprint density at radius 3 is 2.71 bits per heavy atom. The number of carbonyl (C=O) groups is 1. The van der Waals surface area contributed by atoms with Gasteiger partial charge in [-0.15, -0.1) is 0 Å². The maximum atomic E-state index is 11.6. The van der Waals surface area contributed by atoms with Crippen LogP contribution in [0.2, 0.25) is 0 Å². The molecule has 2 atom stereocenters. The number of rotatable bonds is 4. The summed E-state index contributed by atoms with van der Waals surface area (Å²) in [4.78, 5) is 11.6. The van der Waals surface area contributed by atoms with Gasteiger partial charge in [-0.2, -0.15) is 11.8 Å². The van der Waals surface area contributed by atoms with Crippen LogP contribution in [0.4, 0.5) is 4.79 Å². The van der Waals surface area contributed by atoms with Gasteiger partial charge in [0.2, 0.25) is 0 Å². The van der Waals surface area contributed by atoms with Gasteiger partial charge in [0, 0.05) is 13.1 Å². The third kappa shape index (κ3) is 4.76. The zero-order valence-corrected chi connectivity index (χ0v) is 11.2. The summed E-state index contributed by atoms with van der Waals surface area (Å²) < 4.78 is 0. The summed E-state index contributed by atoms with van der Waals surface area (Å²) in [5.41, 5.74) is 0. The first kappa shape index (κ1) is 13.0. The molecular weight excluding hydrogens is 234 g/mol. The predicted molar refractivity (Wildman–Crippen MR) is 72.4 cm³/mol. The molecule has 2 rings (SSSR count). The van der Waals surface area contributed by atoms with Gasteiger partial charge < -0.3 is 16.0 Å². The van der Waals surface area contributed by atoms with Gasteiger partial charge in [-0.25, -0.2) is 4.79 Å². The average molecular weight is 257 g/mol. The lowest BCUT2D eigenvalue weighted by Gasteiger charge is -2.23. The molecule has 17 heavy (non-hydrogen) atoms. The molecule has 4 nitrogen and oxygen atoms in total. The Morgan fingerprint density at radius 1 is 1.24 bits per heavy atom. The van der Waals surface area contributed by atoms with Crippen molar-refractivity contribution in [2.45, 2.75) is 19.3 Å². The Bertz CT molecular complexity index is 238. The molecule has 0 saturated carbocycles. The first-order valence-corrected chi connectivity index (χ1v) is 7.80. The SMILES string of the molecule is O=C(NCC1CCCNC1)NCC1CCSC1. The average Bonchev–Trinajstić information content (AvgIpc) is 2.88. The van der Waals surface area contributed by atoms with Crippen LogP contribution in [-0.4, -0.2) is 43.7 Å². The highest BCUT2D eigenvalue weighted by Gasteiger charge is 2.17. The predicted octanol–water partition coefficient (Wildman–Crippen LogP) is 1.04. The van der Waals surface area contributed by atoms with E-state index in [1.54, 1.807) is 0 Å². The van der Waals surface area contributed by atoms with Crippen LogP contribution in [0.15, 0.2) is 0 Å². The van der Waals surface area contributed by atoms with Crippen LogP contribution in [0, 0.1) is 11.8 Å². The van der Waals surface area contributed by atoms with Gasteiger partial charge in [-0.05, 0) is 55.7 Å². The van der Waals surface area contributed by atoms with Crippen molar-refractivity contribution in [1.82, 2.24) is 16.0 Å². The molecule has 0 spiro atoms. The van der Waals surface area contributed by atoms with E-state index in [0.29, 0.717) is 11.8 Å². The summed E-state index contributed by atoms with van der Waals surface area (Å²) in [7, 11) is 0. The summed E-state index contributed by atoms with van der Waals surface area (Å²) in [6.45, 7) is 3.81. The molecule has 0 radical (unpaired) electrons. The van der Waals surface area contributed by atoms with Crippen molar-refractivity contribution in [3.8, 4) is 0 Å². The Balaban J connectivity index is 1.53. The first-order valence-electron chi connectivity index (χ1n) is 6.65. The molecular formula is C12H23N3OS. The Kier molecular flexibility index (Phi) is 5.45. The second-order valence-electron chi connectivity index (χ2n) is 5.03. The van der Waals surface area contributed by atoms with Crippen molar-refractivity contribution < 1.29 is 4.79 Å². The number of nitrogens with one attached hydrogen (secondary N) is 3. The fourth-order valence-corrected chi connectivity index (χ4v) is 3.66. The molecule has 0 aromatic heterocycles. The monoisotopic (exact) mass is 257 g/mol. The Morgan fingerprint density at radius 2 is 2.06 bits per heavy atom. The second-order valence-corrected chi connectivity index (χ2v) is 6.18. The van der Waals surface area contributed by atoms with Crippen LogP contribution >= 0.6 is 11.8 Å². The Hall–Kier alpha value is -0.420. The lowest BCUT2D eigenvalue weighted by molar-refractivity contribution is 0.235. The third-order valence-electron chi connectivity index (χ3n) is 3.53. The minimum Gasteiger partial charge on any atom is -0.338 e. The molecule has 2 heterocycles. The van der Waals surface area contributed by atoms with E-state index in [-0.39, 0.29) is 6.03 Å². The van der Waals surface area contributed by atoms with Crippen LogP contribution in [0.5, 0.6) is 0 Å². The largest absolute Gasteiger partial charge is 0.338 e. The molecule has 0 aromatic carbocycles. The molecule has 2 aliphatic heterocycles. The van der Waals surface area contributed by atoms with Crippen molar-refractivity contribution in [2.24, 2.45) is 11.8 Å². The van der Waals surface area contributed by atoms with Crippen molar-refractivity contribution in [1.29, 1.82) is 0 Å². The molecule has 2 saturated heterocycles. The normalized spacial score (nSPS) is 28.9. The smallest absolute Gasteiger partial charge is 0.314 e. The van der Waals surface area contributed by atoms with Gasteiger partial charge in [0.05, 0.1) is 0 Å². The quantitative estimate of drug-likeness (QED) is 0.705. The van der Waals surface area contributed by atoms with E-state index in [1.165, 1.54) is 30.8 Å². The van der Waals surface area contributed by atoms with Crippen molar-refractivity contribution in [3.63, 3.8) is 0 Å². The number of hydrogen-bond acceptors (Lipinski definition) is 3. The fraction of sp³-hybridized carbons (Fsp3) is 0.917. The summed E-state index contributed by atoms with van der Waals surface area (Å²) in [5.74, 6) is 3.74. The molecule has 2 unspecified atom stereocenters. The molecule has 0 aliphatic carbocycles. The van der Waals surface area contributed by atoms with Gasteiger partial charge in [0.25, 0.3) is 0 Å². The van der Waals surface area contributed by atoms with Crippen LogP contribution in [0.1, 0.15) is 19.3 Å². The highest BCUT2D eigenvalue weighted by molar-refractivity contribution is 7.99. The molecule has 98 valence electrons. The minimum atomic E-state index is 0.00692. The van der Waals surface area contributed by atoms with Crippen molar-refractivity contribution in [3.05, 3.63) is 0 Å². The zero-order valence-electron chi connectivity index (χ0n) is 10.3. The molecule has 0 bridgehead atoms. The van der Waals surface area contributed by atoms with Crippen molar-refractivity contribution in [2.75, 3.05) is 37.7 Å². The zero-order chi connectivity index (χ0) is 11.9. The second kappa shape index (κ2) is 7.11. The number of hydrogen-bond donors (Lipinski definition) is 3. The lowest BCUT2D eigenvalue weighted by atomic mass is 10.00. The van der Waals surface area contributed by atoms with Crippen LogP contribution in [-0.2, 0) is 0 Å². The van der Waals surface area contributed by atoms with E-state index >= 15 is 0 Å². The number of thioether (sulfide) groups is 1. The van der Waals surface area contributed by atoms with E-state index in [1.807, 2.05) is 11.8 Å². The molecule has 5 heteroatoms. The summed E-state index contributed by atoms with van der Waals surface area (Å²) in [6.07, 6.45) is 3.71. The Labute approximate surface area is 108 Å². The topological polar surface area (TPSA) is 53.2 Å². The van der Waals surface area contributed by atoms with Gasteiger partial charge in [-0.3, -0.25) is 0 Å². The number of amides is 2. The fourth-order valence-electron chi connectivity index (χ4n) is 2.38. The molecule has 3 N–H and O–H groups in total. The van der Waals surface area contributed by atoms with E-state index in [0.717, 1.165) is 26.2 Å². The van der Waals surface area contributed by atoms with Gasteiger partial charge in [0.15, 0.2) is 0 Å². The number of piperidine rings is 1. The summed E-state index contributed by atoms with van der Waals surface area (Å²) in [5, 5.41) is 9.32. The molecule has 2 amide bonds. The van der Waals surface area contributed by atoms with Crippen molar-refractivity contribution >= 4 is 17.8 Å². The standard InChI is InChI=1S/C12H23N3OS/c16-12(15-8-11-3-5-17-9-11)14-7-10-2-1-4-13-6-10/h10-11,13H,1-9H2,(H2,14,15,16). The molecule has 0 aromatic rings. The summed E-state index contributed by atoms with van der Waals surface area (Å²) in [6, 6.07) is 0.00692. The maximum absolute atomic E-state index is 11.6. The number of urea groups is 1. The van der Waals surface area contributed by atoms with E-state index < -0.39 is 0 Å².